The van der Waals surface area contributed by atoms with Gasteiger partial charge in [0, 0.05) is 11.9 Å². The molecule has 0 saturated heterocycles. The predicted octanol–water partition coefficient (Wildman–Crippen LogP) is 3.28. The third-order valence-corrected chi connectivity index (χ3v) is 3.49. The van der Waals surface area contributed by atoms with E-state index >= 15 is 0 Å². The van der Waals surface area contributed by atoms with Crippen LogP contribution in [0.4, 0.5) is 5.69 Å². The highest BCUT2D eigenvalue weighted by atomic mass is 79.9. The van der Waals surface area contributed by atoms with Gasteiger partial charge in [-0.05, 0) is 53.2 Å². The van der Waals surface area contributed by atoms with Gasteiger partial charge in [-0.15, -0.1) is 0 Å². The summed E-state index contributed by atoms with van der Waals surface area (Å²) in [6.07, 6.45) is 1.63. The van der Waals surface area contributed by atoms with Crippen molar-refractivity contribution < 1.29 is 4.79 Å². The number of carbonyl (C=O) groups is 1. The Labute approximate surface area is 123 Å². The van der Waals surface area contributed by atoms with Crippen LogP contribution in [0.25, 0.3) is 11.0 Å². The molecule has 2 N–H and O–H groups in total. The van der Waals surface area contributed by atoms with Gasteiger partial charge in [-0.25, -0.2) is 9.97 Å². The molecule has 0 fully saturated rings. The Morgan fingerprint density at radius 1 is 1.35 bits per heavy atom. The molecule has 3 aromatic rings. The summed E-state index contributed by atoms with van der Waals surface area (Å²) in [6.45, 7) is 1.89. The van der Waals surface area contributed by atoms with Crippen LogP contribution in [0.5, 0.6) is 0 Å². The molecule has 0 bridgehead atoms. The average molecular weight is 331 g/mol. The van der Waals surface area contributed by atoms with Crippen molar-refractivity contribution in [3.05, 3.63) is 52.5 Å². The van der Waals surface area contributed by atoms with Gasteiger partial charge in [-0.2, -0.15) is 0 Å². The van der Waals surface area contributed by atoms with Crippen LogP contribution in [-0.4, -0.2) is 20.9 Å². The van der Waals surface area contributed by atoms with Gasteiger partial charge >= 0.3 is 0 Å². The number of nitrogens with one attached hydrogen (secondary N) is 2. The van der Waals surface area contributed by atoms with Crippen LogP contribution in [0.3, 0.4) is 0 Å². The number of aryl methyl sites for hydroxylation is 1. The molecule has 20 heavy (non-hydrogen) atoms. The van der Waals surface area contributed by atoms with E-state index in [-0.39, 0.29) is 5.91 Å². The Bertz CT molecular complexity index is 797. The van der Waals surface area contributed by atoms with Crippen LogP contribution in [-0.2, 0) is 0 Å². The fraction of sp³-hybridized carbons (Fsp3) is 0.0714. The average Bonchev–Trinajstić information content (AvgIpc) is 2.78. The third kappa shape index (κ3) is 2.42. The first-order chi connectivity index (χ1) is 9.63. The number of nitrogens with zero attached hydrogens (tertiary/aromatic N) is 2. The highest BCUT2D eigenvalue weighted by Crippen LogP contribution is 2.19. The number of rotatable bonds is 2. The van der Waals surface area contributed by atoms with Gasteiger partial charge in [-0.1, -0.05) is 0 Å². The number of amides is 1. The number of aromatic amines is 1. The van der Waals surface area contributed by atoms with Crippen LogP contribution in [0.2, 0.25) is 0 Å². The maximum atomic E-state index is 12.2. The number of hydrogen-bond acceptors (Lipinski definition) is 3. The zero-order valence-corrected chi connectivity index (χ0v) is 12.2. The summed E-state index contributed by atoms with van der Waals surface area (Å²) in [5.74, 6) is 0.638. The van der Waals surface area contributed by atoms with Crippen LogP contribution in [0.15, 0.2) is 41.1 Å². The molecule has 2 aromatic heterocycles. The smallest absolute Gasteiger partial charge is 0.258 e. The number of carbonyl (C=O) groups excluding carboxylic acids is 1. The van der Waals surface area contributed by atoms with Gasteiger partial charge in [0.2, 0.25) is 0 Å². The second-order valence-corrected chi connectivity index (χ2v) is 5.10. The van der Waals surface area contributed by atoms with Gasteiger partial charge in [-0.3, -0.25) is 4.79 Å². The summed E-state index contributed by atoms with van der Waals surface area (Å²) in [5.41, 5.74) is 2.98. The van der Waals surface area contributed by atoms with E-state index in [0.29, 0.717) is 15.9 Å². The molecule has 0 radical (unpaired) electrons. The molecule has 0 saturated carbocycles. The number of fused-ring (bicyclic) bond motifs is 1. The fourth-order valence-corrected chi connectivity index (χ4v) is 2.40. The van der Waals surface area contributed by atoms with E-state index in [1.165, 1.54) is 0 Å². The summed E-state index contributed by atoms with van der Waals surface area (Å²) in [6, 6.07) is 8.99. The minimum Gasteiger partial charge on any atom is -0.342 e. The molecule has 1 amide bonds. The summed E-state index contributed by atoms with van der Waals surface area (Å²) < 4.78 is 0.524. The fourth-order valence-electron chi connectivity index (χ4n) is 1.97. The first-order valence-corrected chi connectivity index (χ1v) is 6.81. The molecule has 5 nitrogen and oxygen atoms in total. The van der Waals surface area contributed by atoms with Crippen molar-refractivity contribution in [2.24, 2.45) is 0 Å². The quantitative estimate of drug-likeness (QED) is 0.708. The molecule has 0 atom stereocenters. The zero-order chi connectivity index (χ0) is 14.1. The number of aromatic nitrogens is 3. The number of halogens is 1. The van der Waals surface area contributed by atoms with Crippen molar-refractivity contribution in [3.63, 3.8) is 0 Å². The highest BCUT2D eigenvalue weighted by Gasteiger charge is 2.11. The van der Waals surface area contributed by atoms with Crippen molar-refractivity contribution in [1.29, 1.82) is 0 Å². The van der Waals surface area contributed by atoms with Crippen LogP contribution in [0.1, 0.15) is 16.2 Å². The molecular weight excluding hydrogens is 320 g/mol. The predicted molar refractivity (Wildman–Crippen MR) is 80.7 cm³/mol. The maximum Gasteiger partial charge on any atom is 0.258 e. The minimum absolute atomic E-state index is 0.208. The van der Waals surface area contributed by atoms with Gasteiger partial charge < -0.3 is 10.3 Å². The van der Waals surface area contributed by atoms with Crippen molar-refractivity contribution in [1.82, 2.24) is 15.0 Å². The van der Waals surface area contributed by atoms with Crippen LogP contribution < -0.4 is 5.32 Å². The number of anilines is 1. The first kappa shape index (κ1) is 12.8. The van der Waals surface area contributed by atoms with Crippen molar-refractivity contribution in [3.8, 4) is 0 Å². The second kappa shape index (κ2) is 5.05. The number of pyridine rings is 1. The van der Waals surface area contributed by atoms with Crippen molar-refractivity contribution in [2.75, 3.05) is 5.32 Å². The number of benzene rings is 1. The highest BCUT2D eigenvalue weighted by molar-refractivity contribution is 9.10. The monoisotopic (exact) mass is 330 g/mol. The second-order valence-electron chi connectivity index (χ2n) is 4.35. The molecule has 0 aliphatic rings. The largest absolute Gasteiger partial charge is 0.342 e. The minimum atomic E-state index is -0.208. The molecule has 0 aliphatic heterocycles. The first-order valence-electron chi connectivity index (χ1n) is 6.02. The van der Waals surface area contributed by atoms with Gasteiger partial charge in [0.15, 0.2) is 0 Å². The van der Waals surface area contributed by atoms with E-state index in [1.54, 1.807) is 18.3 Å². The molecular formula is C14H11BrN4O. The summed E-state index contributed by atoms with van der Waals surface area (Å²) >= 11 is 3.27. The lowest BCUT2D eigenvalue weighted by molar-refractivity contribution is 0.102. The number of imidazole rings is 1. The van der Waals surface area contributed by atoms with Crippen molar-refractivity contribution in [2.45, 2.75) is 6.92 Å². The summed E-state index contributed by atoms with van der Waals surface area (Å²) in [4.78, 5) is 23.7. The zero-order valence-electron chi connectivity index (χ0n) is 10.6. The topological polar surface area (TPSA) is 70.7 Å². The van der Waals surface area contributed by atoms with Crippen LogP contribution in [0, 0.1) is 6.92 Å². The molecule has 0 unspecified atom stereocenters. The lowest BCUT2D eigenvalue weighted by Gasteiger charge is -2.06. The van der Waals surface area contributed by atoms with Gasteiger partial charge in [0.1, 0.15) is 10.4 Å². The molecule has 3 rings (SSSR count). The number of H-pyrrole nitrogens is 1. The van der Waals surface area contributed by atoms with E-state index in [0.717, 1.165) is 16.9 Å². The van der Waals surface area contributed by atoms with Crippen molar-refractivity contribution >= 4 is 38.6 Å². The van der Waals surface area contributed by atoms with E-state index in [1.807, 2.05) is 25.1 Å². The number of hydrogen-bond donors (Lipinski definition) is 2. The standard InChI is InChI=1S/C14H11BrN4O/c1-8-17-11-5-4-9(7-12(11)18-8)19-14(20)10-3-2-6-16-13(10)15/h2-7H,1H3,(H,17,18)(H,19,20). The normalized spacial score (nSPS) is 10.7. The molecule has 1 aromatic carbocycles. The SMILES string of the molecule is Cc1nc2ccc(NC(=O)c3cccnc3Br)cc2[nH]1. The van der Waals surface area contributed by atoms with Gasteiger partial charge in [0.05, 0.1) is 16.6 Å². The Kier molecular flexibility index (Phi) is 3.23. The summed E-state index contributed by atoms with van der Waals surface area (Å²) in [7, 11) is 0. The van der Waals surface area contributed by atoms with Crippen LogP contribution >= 0.6 is 15.9 Å². The van der Waals surface area contributed by atoms with E-state index in [2.05, 4.69) is 36.2 Å². The summed E-state index contributed by atoms with van der Waals surface area (Å²) in [5, 5.41) is 2.84. The van der Waals surface area contributed by atoms with E-state index < -0.39 is 0 Å². The molecule has 0 spiro atoms. The lowest BCUT2D eigenvalue weighted by atomic mass is 10.2. The van der Waals surface area contributed by atoms with E-state index in [9.17, 15) is 4.79 Å². The molecule has 2 heterocycles. The van der Waals surface area contributed by atoms with E-state index in [4.69, 9.17) is 0 Å². The lowest BCUT2D eigenvalue weighted by Crippen LogP contribution is -2.12. The van der Waals surface area contributed by atoms with Gasteiger partial charge in [0.25, 0.3) is 5.91 Å². The Balaban J connectivity index is 1.89. The maximum absolute atomic E-state index is 12.2. The molecule has 6 heteroatoms. The Hall–Kier alpha value is -2.21. The molecule has 100 valence electrons. The Morgan fingerprint density at radius 2 is 2.20 bits per heavy atom. The Morgan fingerprint density at radius 3 is 3.00 bits per heavy atom. The third-order valence-electron chi connectivity index (χ3n) is 2.86. The molecule has 0 aliphatic carbocycles.